The van der Waals surface area contributed by atoms with Crippen molar-refractivity contribution < 1.29 is 14.3 Å². The van der Waals surface area contributed by atoms with Crippen LogP contribution in [0.25, 0.3) is 0 Å². The number of carbonyl (C=O) groups is 2. The Morgan fingerprint density at radius 3 is 1.68 bits per heavy atom. The van der Waals surface area contributed by atoms with E-state index in [4.69, 9.17) is 4.74 Å². The van der Waals surface area contributed by atoms with Crippen LogP contribution in [0.4, 0.5) is 0 Å². The van der Waals surface area contributed by atoms with Gasteiger partial charge in [0.25, 0.3) is 0 Å². The number of unbranched alkanes of at least 4 members (excludes halogenated alkanes) is 13. The van der Waals surface area contributed by atoms with Gasteiger partial charge in [-0.1, -0.05) is 97.3 Å². The predicted molar refractivity (Wildman–Crippen MR) is 118 cm³/mol. The summed E-state index contributed by atoms with van der Waals surface area (Å²) in [6.45, 7) is 5.59. The molecule has 0 aromatic heterocycles. The summed E-state index contributed by atoms with van der Waals surface area (Å²) in [4.78, 5) is 23.4. The van der Waals surface area contributed by atoms with Crippen molar-refractivity contribution in [1.29, 1.82) is 0 Å². The van der Waals surface area contributed by atoms with Gasteiger partial charge in [-0.05, 0) is 19.3 Å². The monoisotopic (exact) mass is 397 g/mol. The first-order valence-electron chi connectivity index (χ1n) is 12.1. The molecule has 0 aliphatic heterocycles. The van der Waals surface area contributed by atoms with Gasteiger partial charge in [-0.15, -0.1) is 0 Å². The second-order valence-corrected chi connectivity index (χ2v) is 8.02. The first-order chi connectivity index (χ1) is 13.7. The maximum atomic E-state index is 11.7. The Labute approximate surface area is 174 Å². The van der Waals surface area contributed by atoms with E-state index in [9.17, 15) is 9.59 Å². The second-order valence-electron chi connectivity index (χ2n) is 8.02. The summed E-state index contributed by atoms with van der Waals surface area (Å²) >= 11 is 0. The molecule has 0 aromatic rings. The lowest BCUT2D eigenvalue weighted by Crippen LogP contribution is -2.24. The molecule has 4 nitrogen and oxygen atoms in total. The van der Waals surface area contributed by atoms with E-state index >= 15 is 0 Å². The van der Waals surface area contributed by atoms with Gasteiger partial charge in [0.1, 0.15) is 0 Å². The molecule has 0 heterocycles. The molecule has 166 valence electrons. The number of carbonyl (C=O) groups excluding carboxylic acids is 2. The second kappa shape index (κ2) is 22.2. The summed E-state index contributed by atoms with van der Waals surface area (Å²) in [5.41, 5.74) is 0. The van der Waals surface area contributed by atoms with E-state index in [0.717, 1.165) is 25.8 Å². The third kappa shape index (κ3) is 21.2. The average molecular weight is 398 g/mol. The lowest BCUT2D eigenvalue weighted by Gasteiger charge is -2.07. The van der Waals surface area contributed by atoms with Gasteiger partial charge in [-0.25, -0.2) is 0 Å². The zero-order valence-electron chi connectivity index (χ0n) is 18.9. The summed E-state index contributed by atoms with van der Waals surface area (Å²) in [6, 6.07) is 0. The molecule has 0 atom stereocenters. The van der Waals surface area contributed by atoms with E-state index in [1.807, 2.05) is 0 Å². The molecule has 0 aliphatic carbocycles. The number of esters is 1. The number of nitrogens with one attached hydrogen (secondary N) is 1. The summed E-state index contributed by atoms with van der Waals surface area (Å²) < 4.78 is 5.23. The number of rotatable bonds is 21. The SMILES string of the molecule is CCCCCCCCCCCC(=O)OCCCC(=O)NCCCCCCCC. The normalized spacial score (nSPS) is 10.8. The fourth-order valence-corrected chi connectivity index (χ4v) is 3.29. The zero-order valence-corrected chi connectivity index (χ0v) is 18.9. The molecule has 1 N–H and O–H groups in total. The molecule has 0 aromatic carbocycles. The molecule has 0 saturated carbocycles. The van der Waals surface area contributed by atoms with Crippen LogP contribution in [0, 0.1) is 0 Å². The van der Waals surface area contributed by atoms with Crippen LogP contribution in [0.5, 0.6) is 0 Å². The van der Waals surface area contributed by atoms with Crippen molar-refractivity contribution in [2.75, 3.05) is 13.2 Å². The Hall–Kier alpha value is -1.06. The summed E-state index contributed by atoms with van der Waals surface area (Å²) in [5, 5.41) is 2.95. The molecule has 4 heteroatoms. The van der Waals surface area contributed by atoms with E-state index in [2.05, 4.69) is 19.2 Å². The van der Waals surface area contributed by atoms with Gasteiger partial charge in [0.05, 0.1) is 6.61 Å². The molecule has 1 amide bonds. The standard InChI is InChI=1S/C24H47NO3/c1-3-5-7-9-11-12-13-14-16-20-24(27)28-22-18-19-23(26)25-21-17-15-10-8-6-4-2/h3-22H2,1-2H3,(H,25,26). The first kappa shape index (κ1) is 26.9. The van der Waals surface area contributed by atoms with Crippen LogP contribution in [-0.4, -0.2) is 25.0 Å². The van der Waals surface area contributed by atoms with Gasteiger partial charge in [-0.2, -0.15) is 0 Å². The third-order valence-electron chi connectivity index (χ3n) is 5.15. The maximum absolute atomic E-state index is 11.7. The van der Waals surface area contributed by atoms with Gasteiger partial charge in [0, 0.05) is 19.4 Å². The minimum atomic E-state index is -0.115. The quantitative estimate of drug-likeness (QED) is 0.173. The van der Waals surface area contributed by atoms with Crippen LogP contribution in [0.3, 0.4) is 0 Å². The van der Waals surface area contributed by atoms with Crippen molar-refractivity contribution in [3.8, 4) is 0 Å². The molecule has 0 saturated heterocycles. The van der Waals surface area contributed by atoms with Crippen LogP contribution in [0.15, 0.2) is 0 Å². The number of hydrogen-bond donors (Lipinski definition) is 1. The first-order valence-corrected chi connectivity index (χ1v) is 12.1. The van der Waals surface area contributed by atoms with Crippen LogP contribution in [-0.2, 0) is 14.3 Å². The van der Waals surface area contributed by atoms with Crippen LogP contribution in [0.1, 0.15) is 129 Å². The Kier molecular flexibility index (Phi) is 21.4. The molecule has 0 bridgehead atoms. The Morgan fingerprint density at radius 2 is 1.11 bits per heavy atom. The van der Waals surface area contributed by atoms with Crippen molar-refractivity contribution in [3.05, 3.63) is 0 Å². The van der Waals surface area contributed by atoms with Crippen molar-refractivity contribution >= 4 is 11.9 Å². The van der Waals surface area contributed by atoms with E-state index in [0.29, 0.717) is 25.9 Å². The van der Waals surface area contributed by atoms with E-state index in [1.54, 1.807) is 0 Å². The molecule has 0 aliphatic rings. The Balaban J connectivity index is 3.30. The molecule has 0 rings (SSSR count). The minimum Gasteiger partial charge on any atom is -0.466 e. The van der Waals surface area contributed by atoms with Crippen molar-refractivity contribution in [2.45, 2.75) is 129 Å². The molecular formula is C24H47NO3. The summed E-state index contributed by atoms with van der Waals surface area (Å²) in [7, 11) is 0. The lowest BCUT2D eigenvalue weighted by molar-refractivity contribution is -0.144. The summed E-state index contributed by atoms with van der Waals surface area (Å²) in [6.07, 6.45) is 20.2. The van der Waals surface area contributed by atoms with Crippen LogP contribution in [0.2, 0.25) is 0 Å². The highest BCUT2D eigenvalue weighted by Crippen LogP contribution is 2.11. The topological polar surface area (TPSA) is 55.4 Å². The zero-order chi connectivity index (χ0) is 20.7. The van der Waals surface area contributed by atoms with Gasteiger partial charge in [0.15, 0.2) is 0 Å². The van der Waals surface area contributed by atoms with Crippen LogP contribution >= 0.6 is 0 Å². The minimum absolute atomic E-state index is 0.0727. The fourth-order valence-electron chi connectivity index (χ4n) is 3.29. The van der Waals surface area contributed by atoms with E-state index in [1.165, 1.54) is 77.0 Å². The highest BCUT2D eigenvalue weighted by molar-refractivity contribution is 5.75. The van der Waals surface area contributed by atoms with Crippen molar-refractivity contribution in [1.82, 2.24) is 5.32 Å². The summed E-state index contributed by atoms with van der Waals surface area (Å²) in [5.74, 6) is -0.0426. The molecule has 0 radical (unpaired) electrons. The molecule has 0 spiro atoms. The lowest BCUT2D eigenvalue weighted by atomic mass is 10.1. The van der Waals surface area contributed by atoms with E-state index in [-0.39, 0.29) is 11.9 Å². The van der Waals surface area contributed by atoms with Gasteiger partial charge in [0.2, 0.25) is 5.91 Å². The highest BCUT2D eigenvalue weighted by atomic mass is 16.5. The fraction of sp³-hybridized carbons (Fsp3) is 0.917. The maximum Gasteiger partial charge on any atom is 0.305 e. The molecule has 0 unspecified atom stereocenters. The molecule has 28 heavy (non-hydrogen) atoms. The van der Waals surface area contributed by atoms with Crippen molar-refractivity contribution in [2.24, 2.45) is 0 Å². The molecular weight excluding hydrogens is 350 g/mol. The van der Waals surface area contributed by atoms with Gasteiger partial charge < -0.3 is 10.1 Å². The largest absolute Gasteiger partial charge is 0.466 e. The van der Waals surface area contributed by atoms with Crippen molar-refractivity contribution in [3.63, 3.8) is 0 Å². The predicted octanol–water partition coefficient (Wildman–Crippen LogP) is 6.71. The number of hydrogen-bond acceptors (Lipinski definition) is 3. The molecule has 0 fully saturated rings. The third-order valence-corrected chi connectivity index (χ3v) is 5.15. The average Bonchev–Trinajstić information content (AvgIpc) is 2.69. The number of amides is 1. The van der Waals surface area contributed by atoms with Gasteiger partial charge in [-0.3, -0.25) is 9.59 Å². The van der Waals surface area contributed by atoms with Crippen LogP contribution < -0.4 is 5.32 Å². The Bertz CT molecular complexity index is 358. The number of ether oxygens (including phenoxy) is 1. The smallest absolute Gasteiger partial charge is 0.305 e. The van der Waals surface area contributed by atoms with E-state index < -0.39 is 0 Å². The van der Waals surface area contributed by atoms with Gasteiger partial charge >= 0.3 is 5.97 Å². The Morgan fingerprint density at radius 1 is 0.607 bits per heavy atom. The highest BCUT2D eigenvalue weighted by Gasteiger charge is 2.05.